The molecule has 1 aromatic heterocycles. The number of fused-ring (bicyclic) bond motifs is 1. The topological polar surface area (TPSA) is 32.6 Å². The average Bonchev–Trinajstić information content (AvgIpc) is 2.87. The molecule has 0 bridgehead atoms. The van der Waals surface area contributed by atoms with E-state index in [2.05, 4.69) is 29.4 Å². The van der Waals surface area contributed by atoms with Crippen LogP contribution in [-0.4, -0.2) is 16.7 Å². The summed E-state index contributed by atoms with van der Waals surface area (Å²) in [5.41, 5.74) is 1.21. The smallest absolute Gasteiger partial charge is 0.104 e. The molecule has 3 aromatic rings. The number of halogens is 2. The highest BCUT2D eigenvalue weighted by Crippen LogP contribution is 2.34. The summed E-state index contributed by atoms with van der Waals surface area (Å²) in [5, 5.41) is 15.0. The van der Waals surface area contributed by atoms with Gasteiger partial charge in [0, 0.05) is 16.2 Å². The normalized spacial score (nSPS) is 12.0. The molecule has 0 aliphatic rings. The van der Waals surface area contributed by atoms with E-state index in [-0.39, 0.29) is 0 Å². The van der Waals surface area contributed by atoms with Crippen molar-refractivity contribution in [2.45, 2.75) is 4.90 Å². The minimum Gasteiger partial charge on any atom is -0.411 e. The lowest BCUT2D eigenvalue weighted by atomic mass is 10.1. The van der Waals surface area contributed by atoms with Gasteiger partial charge in [-0.1, -0.05) is 64.8 Å². The molecule has 2 nitrogen and oxygen atoms in total. The Labute approximate surface area is 146 Å². The van der Waals surface area contributed by atoms with Crippen LogP contribution in [0, 0.1) is 0 Å². The zero-order chi connectivity index (χ0) is 15.5. The van der Waals surface area contributed by atoms with Gasteiger partial charge in [-0.3, -0.25) is 0 Å². The molecule has 0 radical (unpaired) electrons. The number of benzene rings is 2. The molecule has 3 rings (SSSR count). The molecule has 2 aromatic carbocycles. The fourth-order valence-corrected chi connectivity index (χ4v) is 4.69. The predicted molar refractivity (Wildman–Crippen MR) is 97.3 cm³/mol. The Morgan fingerprint density at radius 3 is 2.64 bits per heavy atom. The van der Waals surface area contributed by atoms with Crippen molar-refractivity contribution in [1.29, 1.82) is 0 Å². The highest BCUT2D eigenvalue weighted by molar-refractivity contribution is 8.00. The van der Waals surface area contributed by atoms with E-state index < -0.39 is 0 Å². The molecule has 112 valence electrons. The predicted octanol–water partition coefficient (Wildman–Crippen LogP) is 6.18. The van der Waals surface area contributed by atoms with E-state index in [4.69, 9.17) is 23.2 Å². The largest absolute Gasteiger partial charge is 0.411 e. The van der Waals surface area contributed by atoms with Crippen molar-refractivity contribution in [3.8, 4) is 0 Å². The van der Waals surface area contributed by atoms with E-state index in [1.807, 2.05) is 18.2 Å². The minimum absolute atomic E-state index is 0.511. The fraction of sp³-hybridized carbons (Fsp3) is 0.0625. The van der Waals surface area contributed by atoms with Crippen molar-refractivity contribution in [3.63, 3.8) is 0 Å². The van der Waals surface area contributed by atoms with Crippen LogP contribution < -0.4 is 0 Å². The minimum atomic E-state index is 0.511. The first-order valence-corrected chi connectivity index (χ1v) is 9.01. The van der Waals surface area contributed by atoms with Gasteiger partial charge in [0.1, 0.15) is 4.34 Å². The molecule has 0 fully saturated rings. The maximum Gasteiger partial charge on any atom is 0.104 e. The van der Waals surface area contributed by atoms with Crippen LogP contribution in [0.15, 0.2) is 58.6 Å². The standard InChI is InChI=1S/C16H11Cl2NOS2/c17-15-8-12(16(18)22-15)13(19-20)9-21-14-7-3-5-10-4-1-2-6-11(10)14/h1-8,20H,9H2/b19-13-. The van der Waals surface area contributed by atoms with Gasteiger partial charge in [0.05, 0.1) is 10.0 Å². The van der Waals surface area contributed by atoms with Crippen LogP contribution in [-0.2, 0) is 0 Å². The molecule has 0 aliphatic heterocycles. The monoisotopic (exact) mass is 367 g/mol. The number of thioether (sulfide) groups is 1. The van der Waals surface area contributed by atoms with E-state index in [1.165, 1.54) is 22.1 Å². The van der Waals surface area contributed by atoms with Gasteiger partial charge in [0.25, 0.3) is 0 Å². The van der Waals surface area contributed by atoms with Crippen LogP contribution >= 0.6 is 46.3 Å². The fourth-order valence-electron chi connectivity index (χ4n) is 2.17. The summed E-state index contributed by atoms with van der Waals surface area (Å²) >= 11 is 15.0. The third-order valence-electron chi connectivity index (χ3n) is 3.20. The zero-order valence-electron chi connectivity index (χ0n) is 11.3. The summed E-state index contributed by atoms with van der Waals surface area (Å²) in [6, 6.07) is 16.1. The third-order valence-corrected chi connectivity index (χ3v) is 5.77. The highest BCUT2D eigenvalue weighted by atomic mass is 35.5. The maximum absolute atomic E-state index is 9.28. The Kier molecular flexibility index (Phi) is 4.93. The number of hydrogen-bond donors (Lipinski definition) is 1. The maximum atomic E-state index is 9.28. The van der Waals surface area contributed by atoms with Crippen LogP contribution in [0.3, 0.4) is 0 Å². The first-order chi connectivity index (χ1) is 10.7. The highest BCUT2D eigenvalue weighted by Gasteiger charge is 2.14. The van der Waals surface area contributed by atoms with Crippen molar-refractivity contribution >= 4 is 62.8 Å². The van der Waals surface area contributed by atoms with Crippen LogP contribution in [0.2, 0.25) is 8.67 Å². The first-order valence-electron chi connectivity index (χ1n) is 6.45. The van der Waals surface area contributed by atoms with Crippen molar-refractivity contribution in [2.24, 2.45) is 5.16 Å². The van der Waals surface area contributed by atoms with Gasteiger partial charge in [-0.25, -0.2) is 0 Å². The lowest BCUT2D eigenvalue weighted by Gasteiger charge is -2.07. The Morgan fingerprint density at radius 1 is 1.14 bits per heavy atom. The van der Waals surface area contributed by atoms with Gasteiger partial charge in [-0.05, 0) is 22.9 Å². The second-order valence-electron chi connectivity index (χ2n) is 4.55. The summed E-state index contributed by atoms with van der Waals surface area (Å²) in [4.78, 5) is 1.14. The molecule has 0 atom stereocenters. The van der Waals surface area contributed by atoms with Gasteiger partial charge in [-0.15, -0.1) is 23.1 Å². The van der Waals surface area contributed by atoms with Gasteiger partial charge in [-0.2, -0.15) is 0 Å². The van der Waals surface area contributed by atoms with Crippen LogP contribution in [0.1, 0.15) is 5.56 Å². The van der Waals surface area contributed by atoms with Crippen LogP contribution in [0.5, 0.6) is 0 Å². The molecular formula is C16H11Cl2NOS2. The molecule has 0 unspecified atom stereocenters. The van der Waals surface area contributed by atoms with Crippen molar-refractivity contribution in [3.05, 3.63) is 62.8 Å². The van der Waals surface area contributed by atoms with Crippen LogP contribution in [0.4, 0.5) is 0 Å². The number of rotatable bonds is 4. The Morgan fingerprint density at radius 2 is 1.91 bits per heavy atom. The number of hydrogen-bond acceptors (Lipinski definition) is 4. The molecule has 0 saturated carbocycles. The van der Waals surface area contributed by atoms with Gasteiger partial charge in [0.2, 0.25) is 0 Å². The molecular weight excluding hydrogens is 357 g/mol. The number of thiophene rings is 1. The van der Waals surface area contributed by atoms with Gasteiger partial charge < -0.3 is 5.21 Å². The zero-order valence-corrected chi connectivity index (χ0v) is 14.4. The molecule has 22 heavy (non-hydrogen) atoms. The van der Waals surface area contributed by atoms with Gasteiger partial charge >= 0.3 is 0 Å². The second kappa shape index (κ2) is 6.92. The lowest BCUT2D eigenvalue weighted by Crippen LogP contribution is -2.03. The Bertz CT molecular complexity index is 840. The van der Waals surface area contributed by atoms with Gasteiger partial charge in [0.15, 0.2) is 0 Å². The lowest BCUT2D eigenvalue weighted by molar-refractivity contribution is 0.319. The van der Waals surface area contributed by atoms with E-state index in [1.54, 1.807) is 17.8 Å². The third kappa shape index (κ3) is 3.25. The molecule has 0 spiro atoms. The summed E-state index contributed by atoms with van der Waals surface area (Å²) in [7, 11) is 0. The molecule has 1 N–H and O–H groups in total. The average molecular weight is 368 g/mol. The number of nitrogens with zero attached hydrogens (tertiary/aromatic N) is 1. The second-order valence-corrected chi connectivity index (χ2v) is 7.85. The molecule has 0 aliphatic carbocycles. The molecule has 0 saturated heterocycles. The molecule has 1 heterocycles. The first kappa shape index (κ1) is 15.7. The molecule has 0 amide bonds. The quantitative estimate of drug-likeness (QED) is 0.258. The van der Waals surface area contributed by atoms with Crippen molar-refractivity contribution < 1.29 is 5.21 Å². The molecule has 6 heteroatoms. The van der Waals surface area contributed by atoms with Crippen molar-refractivity contribution in [1.82, 2.24) is 0 Å². The summed E-state index contributed by atoms with van der Waals surface area (Å²) in [5.74, 6) is 0.511. The summed E-state index contributed by atoms with van der Waals surface area (Å²) in [6.07, 6.45) is 0. The Hall–Kier alpha value is -1.20. The van der Waals surface area contributed by atoms with Crippen molar-refractivity contribution in [2.75, 3.05) is 5.75 Å². The summed E-state index contributed by atoms with van der Waals surface area (Å²) < 4.78 is 1.12. The SMILES string of the molecule is O/N=C(/CSc1cccc2ccccc12)c1cc(Cl)sc1Cl. The number of oxime groups is 1. The Balaban J connectivity index is 1.85. The van der Waals surface area contributed by atoms with E-state index in [9.17, 15) is 5.21 Å². The van der Waals surface area contributed by atoms with E-state index >= 15 is 0 Å². The van der Waals surface area contributed by atoms with E-state index in [0.29, 0.717) is 25.7 Å². The van der Waals surface area contributed by atoms with E-state index in [0.717, 1.165) is 4.90 Å². The van der Waals surface area contributed by atoms with Crippen LogP contribution in [0.25, 0.3) is 10.8 Å². The summed E-state index contributed by atoms with van der Waals surface area (Å²) in [6.45, 7) is 0.